The molecule has 0 radical (unpaired) electrons. The summed E-state index contributed by atoms with van der Waals surface area (Å²) in [5.41, 5.74) is 6.07. The molecule has 3 N–H and O–H groups in total. The second-order valence-corrected chi connectivity index (χ2v) is 6.40. The quantitative estimate of drug-likeness (QED) is 0.695. The first-order valence-electron chi connectivity index (χ1n) is 8.04. The molecule has 1 amide bonds. The molecule has 5 heteroatoms. The molecule has 0 saturated carbocycles. The summed E-state index contributed by atoms with van der Waals surface area (Å²) in [5, 5.41) is 7.18. The maximum Gasteiger partial charge on any atom is 0.253 e. The lowest BCUT2D eigenvalue weighted by molar-refractivity contribution is 0.0959. The van der Waals surface area contributed by atoms with Crippen molar-refractivity contribution in [2.24, 2.45) is 0 Å². The number of amides is 1. The fourth-order valence-corrected chi connectivity index (χ4v) is 3.28. The highest BCUT2D eigenvalue weighted by Crippen LogP contribution is 2.37. The van der Waals surface area contributed by atoms with Crippen LogP contribution in [0, 0.1) is 0 Å². The number of anilines is 1. The summed E-state index contributed by atoms with van der Waals surface area (Å²) in [6.45, 7) is 1.34. The third kappa shape index (κ3) is 2.43. The van der Waals surface area contributed by atoms with E-state index in [2.05, 4.69) is 58.9 Å². The molecule has 5 nitrogen and oxygen atoms in total. The number of carbonyl (C=O) groups is 1. The van der Waals surface area contributed by atoms with Crippen LogP contribution in [0.25, 0.3) is 22.2 Å². The SMILES string of the molecule is CN(C)Cc1ccc(-c2[nH]c3cccc4c3c2NCNC4=O)cc1. The van der Waals surface area contributed by atoms with E-state index in [9.17, 15) is 4.79 Å². The average molecular weight is 320 g/mol. The van der Waals surface area contributed by atoms with E-state index in [1.165, 1.54) is 5.56 Å². The monoisotopic (exact) mass is 320 g/mol. The number of nitrogens with one attached hydrogen (secondary N) is 3. The molecule has 0 fully saturated rings. The summed E-state index contributed by atoms with van der Waals surface area (Å²) in [7, 11) is 4.13. The summed E-state index contributed by atoms with van der Waals surface area (Å²) in [6.07, 6.45) is 0. The van der Waals surface area contributed by atoms with Gasteiger partial charge in [0.1, 0.15) is 0 Å². The topological polar surface area (TPSA) is 60.2 Å². The lowest BCUT2D eigenvalue weighted by atomic mass is 10.0. The number of carbonyl (C=O) groups excluding carboxylic acids is 1. The van der Waals surface area contributed by atoms with E-state index in [1.807, 2.05) is 18.2 Å². The van der Waals surface area contributed by atoms with Crippen molar-refractivity contribution >= 4 is 22.5 Å². The molecule has 2 aromatic carbocycles. The highest BCUT2D eigenvalue weighted by Gasteiger charge is 2.21. The van der Waals surface area contributed by atoms with Crippen molar-refractivity contribution in [1.29, 1.82) is 0 Å². The molecule has 0 atom stereocenters. The number of hydrogen-bond donors (Lipinski definition) is 3. The van der Waals surface area contributed by atoms with Crippen LogP contribution < -0.4 is 10.6 Å². The first-order valence-corrected chi connectivity index (χ1v) is 8.04. The van der Waals surface area contributed by atoms with Crippen LogP contribution in [0.3, 0.4) is 0 Å². The number of H-pyrrole nitrogens is 1. The highest BCUT2D eigenvalue weighted by atomic mass is 16.1. The van der Waals surface area contributed by atoms with Gasteiger partial charge in [0, 0.05) is 23.0 Å². The van der Waals surface area contributed by atoms with Gasteiger partial charge < -0.3 is 20.5 Å². The Bertz CT molecular complexity index is 909. The van der Waals surface area contributed by atoms with Gasteiger partial charge in [0.05, 0.1) is 23.6 Å². The summed E-state index contributed by atoms with van der Waals surface area (Å²) >= 11 is 0. The molecule has 1 aromatic heterocycles. The van der Waals surface area contributed by atoms with Gasteiger partial charge in [-0.05, 0) is 31.8 Å². The molecule has 1 aliphatic heterocycles. The van der Waals surface area contributed by atoms with Crippen LogP contribution in [0.1, 0.15) is 15.9 Å². The zero-order valence-electron chi connectivity index (χ0n) is 13.8. The molecule has 0 unspecified atom stereocenters. The van der Waals surface area contributed by atoms with Crippen molar-refractivity contribution in [3.8, 4) is 11.3 Å². The highest BCUT2D eigenvalue weighted by molar-refractivity contribution is 6.15. The minimum absolute atomic E-state index is 0.0428. The van der Waals surface area contributed by atoms with E-state index in [-0.39, 0.29) is 5.91 Å². The summed E-state index contributed by atoms with van der Waals surface area (Å²) in [4.78, 5) is 17.8. The van der Waals surface area contributed by atoms with Crippen LogP contribution in [-0.2, 0) is 6.54 Å². The Hall–Kier alpha value is -2.79. The molecular formula is C19H20N4O. The Morgan fingerprint density at radius 3 is 2.58 bits per heavy atom. The molecule has 0 aliphatic carbocycles. The van der Waals surface area contributed by atoms with E-state index >= 15 is 0 Å². The second kappa shape index (κ2) is 5.69. The number of aromatic amines is 1. The number of aromatic nitrogens is 1. The zero-order chi connectivity index (χ0) is 16.7. The minimum Gasteiger partial charge on any atom is -0.366 e. The van der Waals surface area contributed by atoms with E-state index in [4.69, 9.17) is 0 Å². The molecule has 0 bridgehead atoms. The van der Waals surface area contributed by atoms with Crippen molar-refractivity contribution < 1.29 is 4.79 Å². The Morgan fingerprint density at radius 1 is 1.04 bits per heavy atom. The molecule has 2 heterocycles. The fraction of sp³-hybridized carbons (Fsp3) is 0.211. The number of rotatable bonds is 3. The molecule has 3 aromatic rings. The predicted molar refractivity (Wildman–Crippen MR) is 97.1 cm³/mol. The maximum atomic E-state index is 12.2. The van der Waals surface area contributed by atoms with Crippen LogP contribution in [0.4, 0.5) is 5.69 Å². The molecular weight excluding hydrogens is 300 g/mol. The Balaban J connectivity index is 1.84. The van der Waals surface area contributed by atoms with E-state index in [1.54, 1.807) is 0 Å². The van der Waals surface area contributed by atoms with Crippen molar-refractivity contribution in [3.63, 3.8) is 0 Å². The zero-order valence-corrected chi connectivity index (χ0v) is 13.8. The standard InChI is InChI=1S/C19H20N4O/c1-23(2)10-12-6-8-13(9-7-12)17-18-16-14(19(24)21-11-20-18)4-3-5-15(16)22-17/h3-9,20,22H,10-11H2,1-2H3,(H,21,24). The van der Waals surface area contributed by atoms with Crippen LogP contribution in [0.15, 0.2) is 42.5 Å². The second-order valence-electron chi connectivity index (χ2n) is 6.40. The molecule has 4 rings (SSSR count). The molecule has 122 valence electrons. The van der Waals surface area contributed by atoms with Gasteiger partial charge >= 0.3 is 0 Å². The van der Waals surface area contributed by atoms with Gasteiger partial charge in [-0.3, -0.25) is 4.79 Å². The fourth-order valence-electron chi connectivity index (χ4n) is 3.28. The number of hydrogen-bond acceptors (Lipinski definition) is 3. The average Bonchev–Trinajstić information content (AvgIpc) is 2.84. The number of benzene rings is 2. The molecule has 24 heavy (non-hydrogen) atoms. The third-order valence-electron chi connectivity index (χ3n) is 4.32. The van der Waals surface area contributed by atoms with E-state index in [0.717, 1.165) is 34.4 Å². The summed E-state index contributed by atoms with van der Waals surface area (Å²) in [5.74, 6) is -0.0428. The first-order chi connectivity index (χ1) is 11.6. The van der Waals surface area contributed by atoms with Gasteiger partial charge in [0.15, 0.2) is 0 Å². The van der Waals surface area contributed by atoms with Gasteiger partial charge in [-0.1, -0.05) is 30.3 Å². The van der Waals surface area contributed by atoms with Crippen molar-refractivity contribution in [2.75, 3.05) is 26.1 Å². The summed E-state index contributed by atoms with van der Waals surface area (Å²) < 4.78 is 0. The lowest BCUT2D eigenvalue weighted by Gasteiger charge is -2.11. The third-order valence-corrected chi connectivity index (χ3v) is 4.32. The van der Waals surface area contributed by atoms with Crippen molar-refractivity contribution in [1.82, 2.24) is 15.2 Å². The van der Waals surface area contributed by atoms with Gasteiger partial charge in [-0.15, -0.1) is 0 Å². The largest absolute Gasteiger partial charge is 0.366 e. The predicted octanol–water partition coefficient (Wildman–Crippen LogP) is 3.01. The first kappa shape index (κ1) is 14.8. The lowest BCUT2D eigenvalue weighted by Crippen LogP contribution is -2.26. The van der Waals surface area contributed by atoms with E-state index < -0.39 is 0 Å². The Kier molecular flexibility index (Phi) is 3.50. The van der Waals surface area contributed by atoms with Gasteiger partial charge in [-0.25, -0.2) is 0 Å². The van der Waals surface area contributed by atoms with Crippen molar-refractivity contribution in [3.05, 3.63) is 53.6 Å². The minimum atomic E-state index is -0.0428. The molecule has 1 aliphatic rings. The van der Waals surface area contributed by atoms with Crippen LogP contribution >= 0.6 is 0 Å². The van der Waals surface area contributed by atoms with Crippen LogP contribution in [0.2, 0.25) is 0 Å². The normalized spacial score (nSPS) is 13.7. The van der Waals surface area contributed by atoms with Crippen molar-refractivity contribution in [2.45, 2.75) is 6.54 Å². The van der Waals surface area contributed by atoms with E-state index in [0.29, 0.717) is 12.2 Å². The smallest absolute Gasteiger partial charge is 0.253 e. The maximum absolute atomic E-state index is 12.2. The Labute approximate surface area is 140 Å². The van der Waals surface area contributed by atoms with Crippen LogP contribution in [-0.4, -0.2) is 36.6 Å². The van der Waals surface area contributed by atoms with Gasteiger partial charge in [-0.2, -0.15) is 0 Å². The summed E-state index contributed by atoms with van der Waals surface area (Å²) in [6, 6.07) is 14.3. The molecule has 0 spiro atoms. The van der Waals surface area contributed by atoms with Gasteiger partial charge in [0.2, 0.25) is 0 Å². The molecule has 0 saturated heterocycles. The number of nitrogens with zero attached hydrogens (tertiary/aromatic N) is 1. The van der Waals surface area contributed by atoms with Gasteiger partial charge in [0.25, 0.3) is 5.91 Å². The Morgan fingerprint density at radius 2 is 1.83 bits per heavy atom. The van der Waals surface area contributed by atoms with Crippen LogP contribution in [0.5, 0.6) is 0 Å².